The molecule has 5 amide bonds. The van der Waals surface area contributed by atoms with Crippen molar-refractivity contribution in [2.24, 2.45) is 0 Å². The quantitative estimate of drug-likeness (QED) is 0.0743. The maximum absolute atomic E-state index is 13.4. The van der Waals surface area contributed by atoms with Gasteiger partial charge in [0.05, 0.1) is 12.1 Å². The molecule has 35 heavy (non-hydrogen) atoms. The number of nitrogens with zero attached hydrogens (tertiary/aromatic N) is 2. The molecule has 3 aliphatic rings. The van der Waals surface area contributed by atoms with E-state index in [4.69, 9.17) is 5.11 Å². The van der Waals surface area contributed by atoms with Crippen molar-refractivity contribution in [2.45, 2.75) is 80.7 Å². The molecule has 0 aliphatic carbocycles. The monoisotopic (exact) mass is 514 g/mol. The summed E-state index contributed by atoms with van der Waals surface area (Å²) in [5.74, 6) is -3.53. The second kappa shape index (κ2) is 11.2. The lowest BCUT2D eigenvalue weighted by molar-refractivity contribution is -0.169. The van der Waals surface area contributed by atoms with Gasteiger partial charge < -0.3 is 20.8 Å². The Kier molecular flexibility index (Phi) is 8.59. The maximum Gasteiger partial charge on any atom is 0.326 e. The van der Waals surface area contributed by atoms with Crippen molar-refractivity contribution in [3.05, 3.63) is 0 Å². The second-order valence-corrected chi connectivity index (χ2v) is 10.3. The summed E-state index contributed by atoms with van der Waals surface area (Å²) in [6, 6.07) is -2.76. The standard InChI is InChI=1S/C21H30N4O9S/c26-14-7-8-15(27)25(14)13(18(30)31)5-4-9-21(17-12(11-35-21)22-20(33)23-17)19(32)24(34)10-3-1-2-6-16(28)29/h12-13,17,34H,1-11H2,(H,28,29)(H,30,31)(H2,22,23,33)/t12-,13?,17-,21-/m0/s1. The van der Waals surface area contributed by atoms with E-state index in [1.165, 1.54) is 11.8 Å². The summed E-state index contributed by atoms with van der Waals surface area (Å²) in [6.45, 7) is -0.0198. The number of carboxylic acids is 2. The van der Waals surface area contributed by atoms with E-state index in [-0.39, 0.29) is 51.1 Å². The first kappa shape index (κ1) is 26.7. The van der Waals surface area contributed by atoms with Crippen LogP contribution in [-0.2, 0) is 24.0 Å². The Labute approximate surface area is 205 Å². The van der Waals surface area contributed by atoms with E-state index in [0.717, 1.165) is 4.90 Å². The number of carbonyl (C=O) groups excluding carboxylic acids is 4. The molecule has 1 unspecified atom stereocenters. The fraction of sp³-hybridized carbons (Fsp3) is 0.714. The van der Waals surface area contributed by atoms with Crippen molar-refractivity contribution in [2.75, 3.05) is 12.3 Å². The molecule has 194 valence electrons. The van der Waals surface area contributed by atoms with Crippen LogP contribution < -0.4 is 10.6 Å². The van der Waals surface area contributed by atoms with Gasteiger partial charge in [-0.3, -0.25) is 29.3 Å². The van der Waals surface area contributed by atoms with E-state index in [0.29, 0.717) is 30.1 Å². The lowest BCUT2D eigenvalue weighted by Crippen LogP contribution is -2.56. The van der Waals surface area contributed by atoms with Crippen LogP contribution in [0.25, 0.3) is 0 Å². The minimum Gasteiger partial charge on any atom is -0.481 e. The lowest BCUT2D eigenvalue weighted by atomic mass is 9.87. The van der Waals surface area contributed by atoms with Gasteiger partial charge in [-0.1, -0.05) is 6.42 Å². The zero-order valence-corrected chi connectivity index (χ0v) is 19.9. The molecular formula is C21H30N4O9S. The molecule has 14 heteroatoms. The molecule has 0 saturated carbocycles. The molecule has 3 heterocycles. The van der Waals surface area contributed by atoms with Gasteiger partial charge in [-0.25, -0.2) is 14.7 Å². The second-order valence-electron chi connectivity index (χ2n) is 8.94. The SMILES string of the molecule is O=C(O)CCCCCN(O)C(=O)[C@@]1(CCCC(C(=O)O)N2C(=O)CCC2=O)SC[C@@H]2NC(=O)N[C@@H]21. The Bertz CT molecular complexity index is 884. The Morgan fingerprint density at radius 1 is 1.06 bits per heavy atom. The lowest BCUT2D eigenvalue weighted by Gasteiger charge is -2.35. The number of likely N-dealkylation sites (tertiary alicyclic amines) is 1. The van der Waals surface area contributed by atoms with Crippen LogP contribution >= 0.6 is 11.8 Å². The molecule has 0 bridgehead atoms. The number of urea groups is 1. The van der Waals surface area contributed by atoms with Crippen LogP contribution in [-0.4, -0.2) is 96.2 Å². The van der Waals surface area contributed by atoms with E-state index in [9.17, 15) is 39.1 Å². The van der Waals surface area contributed by atoms with Crippen molar-refractivity contribution >= 4 is 47.5 Å². The molecule has 3 saturated heterocycles. The van der Waals surface area contributed by atoms with Crippen LogP contribution in [0.2, 0.25) is 0 Å². The Morgan fingerprint density at radius 2 is 1.74 bits per heavy atom. The Balaban J connectivity index is 1.68. The predicted molar refractivity (Wildman–Crippen MR) is 120 cm³/mol. The van der Waals surface area contributed by atoms with Gasteiger partial charge >= 0.3 is 18.0 Å². The normalized spacial score (nSPS) is 26.3. The van der Waals surface area contributed by atoms with Crippen LogP contribution in [0.15, 0.2) is 0 Å². The van der Waals surface area contributed by atoms with Crippen LogP contribution in [0.4, 0.5) is 4.79 Å². The molecule has 3 rings (SSSR count). The first-order chi connectivity index (χ1) is 16.6. The average Bonchev–Trinajstić information content (AvgIpc) is 3.44. The third kappa shape index (κ3) is 5.86. The average molecular weight is 515 g/mol. The Hall–Kier alpha value is -2.87. The first-order valence-electron chi connectivity index (χ1n) is 11.6. The zero-order valence-electron chi connectivity index (χ0n) is 19.1. The third-order valence-electron chi connectivity index (χ3n) is 6.60. The third-order valence-corrected chi connectivity index (χ3v) is 8.27. The van der Waals surface area contributed by atoms with Gasteiger partial charge in [0, 0.05) is 31.6 Å². The van der Waals surface area contributed by atoms with Gasteiger partial charge in [-0.05, 0) is 32.1 Å². The van der Waals surface area contributed by atoms with Crippen LogP contribution in [0.1, 0.15) is 57.8 Å². The van der Waals surface area contributed by atoms with Gasteiger partial charge in [0.2, 0.25) is 11.8 Å². The molecule has 13 nitrogen and oxygen atoms in total. The van der Waals surface area contributed by atoms with Crippen LogP contribution in [0.5, 0.6) is 0 Å². The molecule has 4 atom stereocenters. The van der Waals surface area contributed by atoms with Gasteiger partial charge in [0.1, 0.15) is 10.8 Å². The molecule has 0 radical (unpaired) electrons. The molecular weight excluding hydrogens is 484 g/mol. The van der Waals surface area contributed by atoms with Gasteiger partial charge in [-0.15, -0.1) is 11.8 Å². The number of nitrogens with one attached hydrogen (secondary N) is 2. The fourth-order valence-corrected chi connectivity index (χ4v) is 6.54. The van der Waals surface area contributed by atoms with Crippen molar-refractivity contribution in [3.8, 4) is 0 Å². The zero-order chi connectivity index (χ0) is 25.8. The molecule has 0 aromatic rings. The van der Waals surface area contributed by atoms with Crippen molar-refractivity contribution in [1.82, 2.24) is 20.6 Å². The highest BCUT2D eigenvalue weighted by molar-refractivity contribution is 8.01. The number of hydrogen-bond donors (Lipinski definition) is 5. The van der Waals surface area contributed by atoms with Crippen LogP contribution in [0, 0.1) is 0 Å². The summed E-state index contributed by atoms with van der Waals surface area (Å²) in [5.41, 5.74) is 0. The van der Waals surface area contributed by atoms with E-state index < -0.39 is 52.5 Å². The molecule has 0 aromatic carbocycles. The summed E-state index contributed by atoms with van der Waals surface area (Å²) >= 11 is 1.26. The number of amides is 5. The number of carbonyl (C=O) groups is 6. The number of unbranched alkanes of at least 4 members (excludes halogenated alkanes) is 2. The van der Waals surface area contributed by atoms with E-state index in [2.05, 4.69) is 10.6 Å². The smallest absolute Gasteiger partial charge is 0.326 e. The van der Waals surface area contributed by atoms with Crippen molar-refractivity contribution < 1.29 is 44.2 Å². The fourth-order valence-electron chi connectivity index (χ4n) is 4.87. The summed E-state index contributed by atoms with van der Waals surface area (Å²) < 4.78 is -1.26. The highest BCUT2D eigenvalue weighted by atomic mass is 32.2. The molecule has 0 spiro atoms. The number of imide groups is 1. The highest BCUT2D eigenvalue weighted by Crippen LogP contribution is 2.45. The minimum absolute atomic E-state index is 0.00656. The number of aliphatic carboxylic acids is 2. The molecule has 3 fully saturated rings. The molecule has 3 aliphatic heterocycles. The number of thioether (sulfide) groups is 1. The largest absolute Gasteiger partial charge is 0.481 e. The van der Waals surface area contributed by atoms with Gasteiger partial charge in [-0.2, -0.15) is 0 Å². The molecule has 0 aromatic heterocycles. The first-order valence-corrected chi connectivity index (χ1v) is 12.6. The highest BCUT2D eigenvalue weighted by Gasteiger charge is 2.59. The number of hydrogen-bond acceptors (Lipinski definition) is 8. The van der Waals surface area contributed by atoms with Crippen molar-refractivity contribution in [1.29, 1.82) is 0 Å². The summed E-state index contributed by atoms with van der Waals surface area (Å²) in [7, 11) is 0. The van der Waals surface area contributed by atoms with Gasteiger partial charge in [0.15, 0.2) is 0 Å². The number of rotatable bonds is 13. The van der Waals surface area contributed by atoms with E-state index >= 15 is 0 Å². The van der Waals surface area contributed by atoms with Crippen molar-refractivity contribution in [3.63, 3.8) is 0 Å². The van der Waals surface area contributed by atoms with Gasteiger partial charge in [0.25, 0.3) is 5.91 Å². The van der Waals surface area contributed by atoms with Crippen LogP contribution in [0.3, 0.4) is 0 Å². The summed E-state index contributed by atoms with van der Waals surface area (Å²) in [4.78, 5) is 72.6. The number of hydroxylamine groups is 2. The summed E-state index contributed by atoms with van der Waals surface area (Å²) in [6.07, 6.45) is 1.41. The molecule has 5 N–H and O–H groups in total. The summed E-state index contributed by atoms with van der Waals surface area (Å²) in [5, 5.41) is 34.9. The maximum atomic E-state index is 13.4. The number of fused-ring (bicyclic) bond motifs is 1. The number of carboxylic acid groups (broad SMARTS) is 2. The topological polar surface area (TPSA) is 194 Å². The minimum atomic E-state index is -1.34. The Morgan fingerprint density at radius 3 is 2.37 bits per heavy atom. The van der Waals surface area contributed by atoms with E-state index in [1.807, 2.05) is 0 Å². The predicted octanol–water partition coefficient (Wildman–Crippen LogP) is 0.157. The van der Waals surface area contributed by atoms with E-state index in [1.54, 1.807) is 0 Å².